The van der Waals surface area contributed by atoms with E-state index >= 15 is 0 Å². The minimum Gasteiger partial charge on any atom is -0.362 e. The zero-order chi connectivity index (χ0) is 20.0. The molecule has 0 fully saturated rings. The van der Waals surface area contributed by atoms with Crippen LogP contribution in [0.1, 0.15) is 43.6 Å². The number of hydrogen-bond donors (Lipinski definition) is 1. The van der Waals surface area contributed by atoms with Crippen LogP contribution in [0.3, 0.4) is 0 Å². The van der Waals surface area contributed by atoms with E-state index in [-0.39, 0.29) is 5.56 Å². The molecule has 2 heterocycles. The van der Waals surface area contributed by atoms with Gasteiger partial charge >= 0.3 is 6.18 Å². The molecule has 0 amide bonds. The fourth-order valence-electron chi connectivity index (χ4n) is 2.88. The van der Waals surface area contributed by atoms with Gasteiger partial charge in [-0.3, -0.25) is 0 Å². The molecule has 1 aromatic carbocycles. The summed E-state index contributed by atoms with van der Waals surface area (Å²) in [6, 6.07) is 3.70. The van der Waals surface area contributed by atoms with Crippen LogP contribution >= 0.6 is 0 Å². The highest BCUT2D eigenvalue weighted by molar-refractivity contribution is 5.47. The van der Waals surface area contributed by atoms with Crippen molar-refractivity contribution in [1.82, 2.24) is 19.6 Å². The summed E-state index contributed by atoms with van der Waals surface area (Å²) in [5.41, 5.74) is -0.711. The number of anilines is 1. The number of hydrogen-bond acceptors (Lipinski definition) is 4. The van der Waals surface area contributed by atoms with E-state index in [1.165, 1.54) is 16.9 Å². The molecule has 0 bridgehead atoms. The molecular formula is C18H19F4N5. The van der Waals surface area contributed by atoms with Crippen LogP contribution in [0.15, 0.2) is 30.6 Å². The molecule has 27 heavy (non-hydrogen) atoms. The van der Waals surface area contributed by atoms with Crippen LogP contribution in [-0.2, 0) is 6.18 Å². The minimum absolute atomic E-state index is 0.137. The Labute approximate surface area is 153 Å². The van der Waals surface area contributed by atoms with Gasteiger partial charge in [-0.1, -0.05) is 26.8 Å². The third-order valence-electron chi connectivity index (χ3n) is 4.18. The molecule has 1 N–H and O–H groups in total. The van der Waals surface area contributed by atoms with E-state index in [1.807, 2.05) is 20.8 Å². The molecule has 0 radical (unpaired) electrons. The number of fused-ring (bicyclic) bond motifs is 1. The van der Waals surface area contributed by atoms with Crippen LogP contribution in [0.5, 0.6) is 0 Å². The normalized spacial score (nSPS) is 13.8. The summed E-state index contributed by atoms with van der Waals surface area (Å²) in [4.78, 5) is 8.29. The van der Waals surface area contributed by atoms with Gasteiger partial charge in [-0.15, -0.1) is 0 Å². The second kappa shape index (κ2) is 6.47. The Hall–Kier alpha value is -2.71. The summed E-state index contributed by atoms with van der Waals surface area (Å²) < 4.78 is 54.6. The topological polar surface area (TPSA) is 55.1 Å². The summed E-state index contributed by atoms with van der Waals surface area (Å²) in [7, 11) is 0. The summed E-state index contributed by atoms with van der Waals surface area (Å²) in [6.45, 7) is 7.39. The van der Waals surface area contributed by atoms with Crippen molar-refractivity contribution >= 4 is 11.6 Å². The van der Waals surface area contributed by atoms with Gasteiger partial charge in [0.25, 0.3) is 5.78 Å². The van der Waals surface area contributed by atoms with Crippen molar-refractivity contribution in [3.63, 3.8) is 0 Å². The second-order valence-corrected chi connectivity index (χ2v) is 7.43. The van der Waals surface area contributed by atoms with Crippen LogP contribution < -0.4 is 5.32 Å². The lowest BCUT2D eigenvalue weighted by molar-refractivity contribution is -0.137. The maximum absolute atomic E-state index is 14.6. The van der Waals surface area contributed by atoms with E-state index < -0.39 is 29.0 Å². The van der Waals surface area contributed by atoms with Gasteiger partial charge in [-0.05, 0) is 24.5 Å². The predicted octanol–water partition coefficient (Wildman–Crippen LogP) is 4.79. The van der Waals surface area contributed by atoms with Crippen molar-refractivity contribution in [3.05, 3.63) is 53.2 Å². The molecule has 0 aliphatic heterocycles. The molecule has 2 aromatic heterocycles. The van der Waals surface area contributed by atoms with E-state index in [4.69, 9.17) is 0 Å². The van der Waals surface area contributed by atoms with Crippen molar-refractivity contribution in [2.75, 3.05) is 5.32 Å². The van der Waals surface area contributed by atoms with Gasteiger partial charge in [0.15, 0.2) is 0 Å². The summed E-state index contributed by atoms with van der Waals surface area (Å²) in [5.74, 6) is -0.0230. The first-order chi connectivity index (χ1) is 12.5. The molecule has 1 unspecified atom stereocenters. The van der Waals surface area contributed by atoms with Crippen molar-refractivity contribution in [2.24, 2.45) is 5.41 Å². The molecule has 1 atom stereocenters. The average Bonchev–Trinajstić information content (AvgIpc) is 2.99. The molecule has 144 valence electrons. The van der Waals surface area contributed by atoms with Crippen LogP contribution in [0.4, 0.5) is 23.4 Å². The number of aryl methyl sites for hydroxylation is 1. The third kappa shape index (κ3) is 3.86. The molecule has 3 aromatic rings. The lowest BCUT2D eigenvalue weighted by Crippen LogP contribution is -2.28. The molecule has 0 aliphatic carbocycles. The molecule has 3 rings (SSSR count). The molecule has 0 spiro atoms. The first-order valence-electron chi connectivity index (χ1n) is 8.27. The largest absolute Gasteiger partial charge is 0.416 e. The van der Waals surface area contributed by atoms with E-state index in [2.05, 4.69) is 20.4 Å². The van der Waals surface area contributed by atoms with Crippen LogP contribution in [0, 0.1) is 18.2 Å². The molecule has 0 saturated heterocycles. The second-order valence-electron chi connectivity index (χ2n) is 7.43. The van der Waals surface area contributed by atoms with Gasteiger partial charge < -0.3 is 5.32 Å². The van der Waals surface area contributed by atoms with Gasteiger partial charge in [0, 0.05) is 17.3 Å². The number of nitrogens with zero attached hydrogens (tertiary/aromatic N) is 4. The van der Waals surface area contributed by atoms with Gasteiger partial charge in [0.05, 0.1) is 11.6 Å². The van der Waals surface area contributed by atoms with Gasteiger partial charge in [0.2, 0.25) is 0 Å². The average molecular weight is 381 g/mol. The number of aromatic nitrogens is 4. The SMILES string of the molecule is Cc1cc(NC(c2ccc(C(F)(F)F)cc2F)C(C)(C)C)n2ncnc2n1. The summed E-state index contributed by atoms with van der Waals surface area (Å²) in [6.07, 6.45) is -3.25. The minimum atomic E-state index is -4.60. The van der Waals surface area contributed by atoms with Gasteiger partial charge in [-0.2, -0.15) is 27.8 Å². The van der Waals surface area contributed by atoms with E-state index in [0.717, 1.165) is 6.07 Å². The number of alkyl halides is 3. The fraction of sp³-hybridized carbons (Fsp3) is 0.389. The Balaban J connectivity index is 2.07. The Morgan fingerprint density at radius 3 is 2.41 bits per heavy atom. The van der Waals surface area contributed by atoms with Gasteiger partial charge in [-0.25, -0.2) is 9.37 Å². The molecule has 9 heteroatoms. The van der Waals surface area contributed by atoms with Crippen molar-refractivity contribution in [3.8, 4) is 0 Å². The van der Waals surface area contributed by atoms with Crippen LogP contribution in [0.2, 0.25) is 0 Å². The van der Waals surface area contributed by atoms with Gasteiger partial charge in [0.1, 0.15) is 18.0 Å². The summed E-state index contributed by atoms with van der Waals surface area (Å²) in [5, 5.41) is 7.30. The molecule has 0 saturated carbocycles. The van der Waals surface area contributed by atoms with Crippen molar-refractivity contribution < 1.29 is 17.6 Å². The maximum atomic E-state index is 14.6. The fourth-order valence-corrected chi connectivity index (χ4v) is 2.88. The first kappa shape index (κ1) is 19.1. The van der Waals surface area contributed by atoms with Crippen molar-refractivity contribution in [1.29, 1.82) is 0 Å². The number of nitrogens with one attached hydrogen (secondary N) is 1. The Kier molecular flexibility index (Phi) is 4.57. The number of halogens is 4. The Morgan fingerprint density at radius 1 is 1.11 bits per heavy atom. The first-order valence-corrected chi connectivity index (χ1v) is 8.27. The predicted molar refractivity (Wildman–Crippen MR) is 92.7 cm³/mol. The van der Waals surface area contributed by atoms with E-state index in [9.17, 15) is 17.6 Å². The highest BCUT2D eigenvalue weighted by atomic mass is 19.4. The van der Waals surface area contributed by atoms with Crippen molar-refractivity contribution in [2.45, 2.75) is 39.9 Å². The number of benzene rings is 1. The van der Waals surface area contributed by atoms with E-state index in [1.54, 1.807) is 13.0 Å². The monoisotopic (exact) mass is 381 g/mol. The maximum Gasteiger partial charge on any atom is 0.416 e. The van der Waals surface area contributed by atoms with Crippen LogP contribution in [-0.4, -0.2) is 19.6 Å². The van der Waals surface area contributed by atoms with Crippen LogP contribution in [0.25, 0.3) is 5.78 Å². The lowest BCUT2D eigenvalue weighted by atomic mass is 9.82. The Bertz CT molecular complexity index is 972. The third-order valence-corrected chi connectivity index (χ3v) is 4.18. The number of rotatable bonds is 3. The molecular weight excluding hydrogens is 362 g/mol. The molecule has 5 nitrogen and oxygen atoms in total. The zero-order valence-electron chi connectivity index (χ0n) is 15.3. The lowest BCUT2D eigenvalue weighted by Gasteiger charge is -2.33. The summed E-state index contributed by atoms with van der Waals surface area (Å²) >= 11 is 0. The Morgan fingerprint density at radius 2 is 1.81 bits per heavy atom. The zero-order valence-corrected chi connectivity index (χ0v) is 15.3. The highest BCUT2D eigenvalue weighted by Crippen LogP contribution is 2.39. The standard InChI is InChI=1S/C18H19F4N5/c1-10-7-14(27-16(25-10)23-9-24-27)26-15(17(2,3)4)12-6-5-11(8-13(12)19)18(20,21)22/h5-9,15,26H,1-4H3. The highest BCUT2D eigenvalue weighted by Gasteiger charge is 2.34. The molecule has 0 aliphatic rings. The van der Waals surface area contributed by atoms with E-state index in [0.29, 0.717) is 23.4 Å². The smallest absolute Gasteiger partial charge is 0.362 e. The quantitative estimate of drug-likeness (QED) is 0.663.